The third kappa shape index (κ3) is 5.55. The number of amides is 1. The summed E-state index contributed by atoms with van der Waals surface area (Å²) < 4.78 is 0. The Morgan fingerprint density at radius 2 is 2.20 bits per heavy atom. The van der Waals surface area contributed by atoms with Crippen molar-refractivity contribution in [1.82, 2.24) is 15.5 Å². The van der Waals surface area contributed by atoms with Gasteiger partial charge in [0.05, 0.1) is 0 Å². The van der Waals surface area contributed by atoms with Crippen molar-refractivity contribution in [3.8, 4) is 0 Å². The van der Waals surface area contributed by atoms with Crippen molar-refractivity contribution in [3.05, 3.63) is 35.4 Å². The second-order valence-electron chi connectivity index (χ2n) is 7.79. The van der Waals surface area contributed by atoms with Crippen molar-refractivity contribution >= 4 is 5.91 Å². The minimum atomic E-state index is 0.224. The van der Waals surface area contributed by atoms with E-state index in [4.69, 9.17) is 0 Å². The molecule has 0 spiro atoms. The molecule has 2 atom stereocenters. The predicted octanol–water partition coefficient (Wildman–Crippen LogP) is 2.58. The van der Waals surface area contributed by atoms with Gasteiger partial charge in [-0.25, -0.2) is 0 Å². The fourth-order valence-corrected chi connectivity index (χ4v) is 4.17. The van der Waals surface area contributed by atoms with E-state index in [1.54, 1.807) is 0 Å². The van der Waals surface area contributed by atoms with Crippen LogP contribution in [0.15, 0.2) is 24.3 Å². The molecule has 0 radical (unpaired) electrons. The zero-order chi connectivity index (χ0) is 17.5. The Morgan fingerprint density at radius 3 is 3.00 bits per heavy atom. The monoisotopic (exact) mass is 343 g/mol. The van der Waals surface area contributed by atoms with Crippen LogP contribution in [0.1, 0.15) is 43.7 Å². The number of hydrogen-bond acceptors (Lipinski definition) is 3. The molecule has 2 heterocycles. The van der Waals surface area contributed by atoms with Crippen LogP contribution in [0, 0.1) is 11.8 Å². The van der Waals surface area contributed by atoms with Gasteiger partial charge in [-0.3, -0.25) is 9.69 Å². The molecular formula is C21H33N3O. The molecule has 1 aromatic rings. The topological polar surface area (TPSA) is 44.4 Å². The first kappa shape index (κ1) is 18.4. The van der Waals surface area contributed by atoms with Crippen LogP contribution in [0.4, 0.5) is 0 Å². The highest BCUT2D eigenvalue weighted by Crippen LogP contribution is 2.22. The van der Waals surface area contributed by atoms with Crippen LogP contribution < -0.4 is 10.6 Å². The van der Waals surface area contributed by atoms with E-state index in [1.807, 2.05) is 0 Å². The maximum atomic E-state index is 12.2. The van der Waals surface area contributed by atoms with Gasteiger partial charge in [0.15, 0.2) is 0 Å². The Kier molecular flexibility index (Phi) is 6.88. The molecule has 0 aromatic heterocycles. The van der Waals surface area contributed by atoms with E-state index in [0.29, 0.717) is 18.3 Å². The molecule has 0 bridgehead atoms. The fourth-order valence-electron chi connectivity index (χ4n) is 4.17. The van der Waals surface area contributed by atoms with Crippen LogP contribution >= 0.6 is 0 Å². The summed E-state index contributed by atoms with van der Waals surface area (Å²) in [5.41, 5.74) is 2.96. The van der Waals surface area contributed by atoms with Gasteiger partial charge in [-0.1, -0.05) is 31.2 Å². The van der Waals surface area contributed by atoms with Crippen LogP contribution in [-0.4, -0.2) is 43.5 Å². The standard InChI is InChI=1S/C21H33N3O/c1-17(19-8-4-10-22-15-19)14-21(25)23-11-5-12-24-13-9-18-6-2-3-7-20(18)16-24/h2-3,6-7,17,19,22H,4-5,8-16H2,1H3,(H,23,25). The van der Waals surface area contributed by atoms with Gasteiger partial charge in [0.1, 0.15) is 0 Å². The number of carbonyl (C=O) groups is 1. The summed E-state index contributed by atoms with van der Waals surface area (Å²) in [6.45, 7) is 8.49. The summed E-state index contributed by atoms with van der Waals surface area (Å²) in [5, 5.41) is 6.57. The van der Waals surface area contributed by atoms with Crippen LogP contribution in [0.5, 0.6) is 0 Å². The lowest BCUT2D eigenvalue weighted by molar-refractivity contribution is -0.122. The van der Waals surface area contributed by atoms with E-state index in [1.165, 1.54) is 24.0 Å². The molecule has 1 fully saturated rings. The molecule has 4 heteroatoms. The molecule has 138 valence electrons. The fraction of sp³-hybridized carbons (Fsp3) is 0.667. The van der Waals surface area contributed by atoms with E-state index in [9.17, 15) is 4.79 Å². The number of nitrogens with zero attached hydrogens (tertiary/aromatic N) is 1. The van der Waals surface area contributed by atoms with E-state index in [2.05, 4.69) is 46.7 Å². The van der Waals surface area contributed by atoms with Gasteiger partial charge >= 0.3 is 0 Å². The molecular weight excluding hydrogens is 310 g/mol. The van der Waals surface area contributed by atoms with Crippen molar-refractivity contribution < 1.29 is 4.79 Å². The largest absolute Gasteiger partial charge is 0.356 e. The Morgan fingerprint density at radius 1 is 1.36 bits per heavy atom. The molecule has 2 aliphatic heterocycles. The van der Waals surface area contributed by atoms with Gasteiger partial charge in [0.25, 0.3) is 0 Å². The normalized spacial score (nSPS) is 22.2. The van der Waals surface area contributed by atoms with E-state index in [0.717, 1.165) is 52.1 Å². The van der Waals surface area contributed by atoms with Crippen molar-refractivity contribution in [2.75, 3.05) is 32.7 Å². The molecule has 3 rings (SSSR count). The minimum absolute atomic E-state index is 0.224. The van der Waals surface area contributed by atoms with Gasteiger partial charge < -0.3 is 10.6 Å². The molecule has 2 unspecified atom stereocenters. The van der Waals surface area contributed by atoms with Crippen LogP contribution in [0.3, 0.4) is 0 Å². The lowest BCUT2D eigenvalue weighted by atomic mass is 9.85. The van der Waals surface area contributed by atoms with Crippen molar-refractivity contribution in [2.45, 2.75) is 45.6 Å². The van der Waals surface area contributed by atoms with Crippen LogP contribution in [-0.2, 0) is 17.8 Å². The maximum absolute atomic E-state index is 12.2. The second-order valence-corrected chi connectivity index (χ2v) is 7.79. The summed E-state index contributed by atoms with van der Waals surface area (Å²) >= 11 is 0. The Hall–Kier alpha value is -1.39. The maximum Gasteiger partial charge on any atom is 0.220 e. The first-order chi connectivity index (χ1) is 12.2. The molecule has 0 aliphatic carbocycles. The number of carbonyl (C=O) groups excluding carboxylic acids is 1. The minimum Gasteiger partial charge on any atom is -0.356 e. The average Bonchev–Trinajstić information content (AvgIpc) is 2.66. The van der Waals surface area contributed by atoms with Crippen molar-refractivity contribution in [3.63, 3.8) is 0 Å². The Balaban J connectivity index is 1.30. The summed E-state index contributed by atoms with van der Waals surface area (Å²) in [6.07, 6.45) is 5.36. The Labute approximate surface area is 152 Å². The van der Waals surface area contributed by atoms with Gasteiger partial charge in [0.2, 0.25) is 5.91 Å². The number of hydrogen-bond donors (Lipinski definition) is 2. The summed E-state index contributed by atoms with van der Waals surface area (Å²) in [5.74, 6) is 1.36. The average molecular weight is 344 g/mol. The van der Waals surface area contributed by atoms with Crippen LogP contribution in [0.25, 0.3) is 0 Å². The third-order valence-electron chi connectivity index (χ3n) is 5.83. The SMILES string of the molecule is CC(CC(=O)NCCCN1CCc2ccccc2C1)C1CCCNC1. The van der Waals surface area contributed by atoms with Gasteiger partial charge in [-0.15, -0.1) is 0 Å². The highest BCUT2D eigenvalue weighted by molar-refractivity contribution is 5.76. The highest BCUT2D eigenvalue weighted by Gasteiger charge is 2.22. The van der Waals surface area contributed by atoms with E-state index < -0.39 is 0 Å². The number of piperidine rings is 1. The highest BCUT2D eigenvalue weighted by atomic mass is 16.1. The number of nitrogens with one attached hydrogen (secondary N) is 2. The molecule has 0 saturated carbocycles. The van der Waals surface area contributed by atoms with E-state index >= 15 is 0 Å². The molecule has 1 aromatic carbocycles. The number of rotatable bonds is 7. The molecule has 25 heavy (non-hydrogen) atoms. The molecule has 2 N–H and O–H groups in total. The van der Waals surface area contributed by atoms with Crippen LogP contribution in [0.2, 0.25) is 0 Å². The lowest BCUT2D eigenvalue weighted by Gasteiger charge is -2.29. The first-order valence-corrected chi connectivity index (χ1v) is 9.99. The smallest absolute Gasteiger partial charge is 0.220 e. The number of fused-ring (bicyclic) bond motifs is 1. The quantitative estimate of drug-likeness (QED) is 0.748. The summed E-state index contributed by atoms with van der Waals surface area (Å²) in [6, 6.07) is 8.75. The molecule has 1 saturated heterocycles. The third-order valence-corrected chi connectivity index (χ3v) is 5.83. The summed E-state index contributed by atoms with van der Waals surface area (Å²) in [7, 11) is 0. The summed E-state index contributed by atoms with van der Waals surface area (Å²) in [4.78, 5) is 14.7. The predicted molar refractivity (Wildman–Crippen MR) is 102 cm³/mol. The second kappa shape index (κ2) is 9.35. The zero-order valence-electron chi connectivity index (χ0n) is 15.6. The van der Waals surface area contributed by atoms with Crippen molar-refractivity contribution in [2.24, 2.45) is 11.8 Å². The zero-order valence-corrected chi connectivity index (χ0v) is 15.6. The van der Waals surface area contributed by atoms with Gasteiger partial charge in [0, 0.05) is 32.6 Å². The Bertz CT molecular complexity index is 554. The molecule has 1 amide bonds. The molecule has 2 aliphatic rings. The number of benzene rings is 1. The van der Waals surface area contributed by atoms with Gasteiger partial charge in [-0.05, 0) is 61.7 Å². The lowest BCUT2D eigenvalue weighted by Crippen LogP contribution is -2.36. The van der Waals surface area contributed by atoms with Crippen molar-refractivity contribution in [1.29, 1.82) is 0 Å². The first-order valence-electron chi connectivity index (χ1n) is 9.99. The molecule has 4 nitrogen and oxygen atoms in total. The van der Waals surface area contributed by atoms with Gasteiger partial charge in [-0.2, -0.15) is 0 Å². The van der Waals surface area contributed by atoms with E-state index in [-0.39, 0.29) is 5.91 Å².